The van der Waals surface area contributed by atoms with Gasteiger partial charge in [0.05, 0.1) is 10.9 Å². The van der Waals surface area contributed by atoms with Crippen LogP contribution < -0.4 is 5.63 Å². The van der Waals surface area contributed by atoms with E-state index in [4.69, 9.17) is 16.0 Å². The van der Waals surface area contributed by atoms with Crippen LogP contribution in [0.15, 0.2) is 33.5 Å². The molecule has 0 radical (unpaired) electrons. The summed E-state index contributed by atoms with van der Waals surface area (Å²) in [6.45, 7) is 0. The standard InChI is InChI=1S/C11H10ClNO2/c12-7-3-6-10-13-9-5-2-1-4-8(9)11(14)15-10/h1-2,4-5H,3,6-7H2. The Labute approximate surface area is 91.7 Å². The summed E-state index contributed by atoms with van der Waals surface area (Å²) in [5.41, 5.74) is 0.350. The van der Waals surface area contributed by atoms with Gasteiger partial charge < -0.3 is 4.42 Å². The highest BCUT2D eigenvalue weighted by molar-refractivity contribution is 6.17. The summed E-state index contributed by atoms with van der Waals surface area (Å²) in [7, 11) is 0. The second kappa shape index (κ2) is 4.45. The average molecular weight is 224 g/mol. The Morgan fingerprint density at radius 2 is 2.13 bits per heavy atom. The lowest BCUT2D eigenvalue weighted by Crippen LogP contribution is -2.05. The van der Waals surface area contributed by atoms with Crippen LogP contribution in [-0.2, 0) is 6.42 Å². The molecule has 1 heterocycles. The van der Waals surface area contributed by atoms with Gasteiger partial charge in [0.1, 0.15) is 0 Å². The molecular weight excluding hydrogens is 214 g/mol. The van der Waals surface area contributed by atoms with Gasteiger partial charge in [0.15, 0.2) is 5.89 Å². The summed E-state index contributed by atoms with van der Waals surface area (Å²) in [6, 6.07) is 7.15. The van der Waals surface area contributed by atoms with Crippen molar-refractivity contribution in [3.8, 4) is 0 Å². The molecule has 2 aromatic rings. The number of para-hydroxylation sites is 1. The Morgan fingerprint density at radius 1 is 1.33 bits per heavy atom. The second-order valence-electron chi connectivity index (χ2n) is 3.20. The van der Waals surface area contributed by atoms with E-state index in [9.17, 15) is 4.79 Å². The maximum atomic E-state index is 11.5. The van der Waals surface area contributed by atoms with E-state index < -0.39 is 0 Å². The fraction of sp³-hybridized carbons (Fsp3) is 0.273. The van der Waals surface area contributed by atoms with E-state index in [-0.39, 0.29) is 5.63 Å². The third-order valence-electron chi connectivity index (χ3n) is 2.10. The first-order valence-electron chi connectivity index (χ1n) is 4.76. The SMILES string of the molecule is O=c1oc(CCCCl)nc2ccccc12. The number of hydrogen-bond acceptors (Lipinski definition) is 3. The monoisotopic (exact) mass is 223 g/mol. The minimum absolute atomic E-state index is 0.329. The number of alkyl halides is 1. The Hall–Kier alpha value is -1.35. The number of rotatable bonds is 3. The molecule has 0 N–H and O–H groups in total. The van der Waals surface area contributed by atoms with Gasteiger partial charge in [-0.15, -0.1) is 11.6 Å². The van der Waals surface area contributed by atoms with Crippen molar-refractivity contribution in [1.29, 1.82) is 0 Å². The van der Waals surface area contributed by atoms with E-state index in [0.29, 0.717) is 29.1 Å². The van der Waals surface area contributed by atoms with Crippen LogP contribution in [0.1, 0.15) is 12.3 Å². The normalized spacial score (nSPS) is 10.7. The van der Waals surface area contributed by atoms with Crippen LogP contribution in [0.25, 0.3) is 10.9 Å². The van der Waals surface area contributed by atoms with Gasteiger partial charge in [-0.3, -0.25) is 0 Å². The van der Waals surface area contributed by atoms with Crippen LogP contribution in [-0.4, -0.2) is 10.9 Å². The van der Waals surface area contributed by atoms with Crippen molar-refractivity contribution in [3.05, 3.63) is 40.6 Å². The maximum Gasteiger partial charge on any atom is 0.346 e. The van der Waals surface area contributed by atoms with Crippen LogP contribution >= 0.6 is 11.6 Å². The van der Waals surface area contributed by atoms with E-state index >= 15 is 0 Å². The first-order chi connectivity index (χ1) is 7.31. The van der Waals surface area contributed by atoms with Crippen LogP contribution in [0.5, 0.6) is 0 Å². The fourth-order valence-corrected chi connectivity index (χ4v) is 1.52. The van der Waals surface area contributed by atoms with Crippen LogP contribution in [0.2, 0.25) is 0 Å². The molecule has 0 aliphatic heterocycles. The quantitative estimate of drug-likeness (QED) is 0.751. The van der Waals surface area contributed by atoms with E-state index in [2.05, 4.69) is 4.98 Å². The lowest BCUT2D eigenvalue weighted by Gasteiger charge is -1.99. The summed E-state index contributed by atoms with van der Waals surface area (Å²) in [5, 5.41) is 0.520. The van der Waals surface area contributed by atoms with E-state index in [1.807, 2.05) is 6.07 Å². The molecule has 0 fully saturated rings. The lowest BCUT2D eigenvalue weighted by molar-refractivity contribution is 0.442. The van der Waals surface area contributed by atoms with Crippen LogP contribution in [0.3, 0.4) is 0 Å². The first kappa shape index (κ1) is 10.2. The maximum absolute atomic E-state index is 11.5. The van der Waals surface area contributed by atoms with Gasteiger partial charge in [0, 0.05) is 12.3 Å². The largest absolute Gasteiger partial charge is 0.408 e. The van der Waals surface area contributed by atoms with Gasteiger partial charge in [-0.05, 0) is 18.6 Å². The number of halogens is 1. The highest BCUT2D eigenvalue weighted by Gasteiger charge is 2.04. The molecule has 0 aliphatic carbocycles. The van der Waals surface area contributed by atoms with Gasteiger partial charge in [-0.25, -0.2) is 9.78 Å². The average Bonchev–Trinajstić information content (AvgIpc) is 2.26. The predicted molar refractivity (Wildman–Crippen MR) is 59.3 cm³/mol. The number of benzene rings is 1. The number of hydrogen-bond donors (Lipinski definition) is 0. The molecule has 1 aromatic carbocycles. The van der Waals surface area contributed by atoms with Gasteiger partial charge in [0.2, 0.25) is 0 Å². The predicted octanol–water partition coefficient (Wildman–Crippen LogP) is 2.36. The fourth-order valence-electron chi connectivity index (χ4n) is 1.39. The molecule has 15 heavy (non-hydrogen) atoms. The number of aryl methyl sites for hydroxylation is 1. The Kier molecular flexibility index (Phi) is 3.02. The first-order valence-corrected chi connectivity index (χ1v) is 5.29. The molecule has 0 amide bonds. The minimum Gasteiger partial charge on any atom is -0.408 e. The smallest absolute Gasteiger partial charge is 0.346 e. The Bertz CT molecular complexity index is 521. The molecule has 3 nitrogen and oxygen atoms in total. The summed E-state index contributed by atoms with van der Waals surface area (Å²) in [5.74, 6) is 0.998. The Balaban J connectivity index is 2.48. The zero-order chi connectivity index (χ0) is 10.7. The minimum atomic E-state index is -0.329. The summed E-state index contributed by atoms with van der Waals surface area (Å²) in [4.78, 5) is 15.8. The molecule has 1 aromatic heterocycles. The number of aromatic nitrogens is 1. The zero-order valence-corrected chi connectivity index (χ0v) is 8.83. The van der Waals surface area contributed by atoms with Gasteiger partial charge in [-0.2, -0.15) is 0 Å². The third-order valence-corrected chi connectivity index (χ3v) is 2.37. The van der Waals surface area contributed by atoms with Crippen molar-refractivity contribution in [1.82, 2.24) is 4.98 Å². The van der Waals surface area contributed by atoms with Gasteiger partial charge in [-0.1, -0.05) is 12.1 Å². The Morgan fingerprint density at radius 3 is 2.93 bits per heavy atom. The van der Waals surface area contributed by atoms with Crippen LogP contribution in [0, 0.1) is 0 Å². The highest BCUT2D eigenvalue weighted by atomic mass is 35.5. The summed E-state index contributed by atoms with van der Waals surface area (Å²) >= 11 is 5.56. The van der Waals surface area contributed by atoms with Gasteiger partial charge >= 0.3 is 5.63 Å². The van der Waals surface area contributed by atoms with E-state index in [0.717, 1.165) is 6.42 Å². The molecule has 0 spiro atoms. The molecule has 0 saturated heterocycles. The van der Waals surface area contributed by atoms with Crippen molar-refractivity contribution < 1.29 is 4.42 Å². The summed E-state index contributed by atoms with van der Waals surface area (Å²) < 4.78 is 5.07. The highest BCUT2D eigenvalue weighted by Crippen LogP contribution is 2.08. The van der Waals surface area contributed by atoms with Crippen molar-refractivity contribution >= 4 is 22.5 Å². The molecule has 0 bridgehead atoms. The molecule has 0 aliphatic rings. The van der Waals surface area contributed by atoms with Crippen molar-refractivity contribution in [2.24, 2.45) is 0 Å². The van der Waals surface area contributed by atoms with Gasteiger partial charge in [0.25, 0.3) is 0 Å². The molecule has 0 unspecified atom stereocenters. The second-order valence-corrected chi connectivity index (χ2v) is 3.58. The van der Waals surface area contributed by atoms with Crippen LogP contribution in [0.4, 0.5) is 0 Å². The molecule has 2 rings (SSSR count). The molecule has 0 atom stereocenters. The molecule has 4 heteroatoms. The topological polar surface area (TPSA) is 43.1 Å². The number of nitrogens with zero attached hydrogens (tertiary/aromatic N) is 1. The van der Waals surface area contributed by atoms with Crippen molar-refractivity contribution in [3.63, 3.8) is 0 Å². The van der Waals surface area contributed by atoms with Crippen molar-refractivity contribution in [2.75, 3.05) is 5.88 Å². The van der Waals surface area contributed by atoms with E-state index in [1.165, 1.54) is 0 Å². The summed E-state index contributed by atoms with van der Waals surface area (Å²) in [6.07, 6.45) is 1.36. The van der Waals surface area contributed by atoms with Crippen molar-refractivity contribution in [2.45, 2.75) is 12.8 Å². The molecular formula is C11H10ClNO2. The number of fused-ring (bicyclic) bond motifs is 1. The lowest BCUT2D eigenvalue weighted by atomic mass is 10.2. The molecule has 78 valence electrons. The third kappa shape index (κ3) is 2.18. The zero-order valence-electron chi connectivity index (χ0n) is 8.07. The van der Waals surface area contributed by atoms with E-state index in [1.54, 1.807) is 18.2 Å². The molecule has 0 saturated carbocycles.